The van der Waals surface area contributed by atoms with Crippen LogP contribution in [0.15, 0.2) is 28.9 Å². The standard InChI is InChI=1S/C20H18N4O6/c1-3-29-19(27)16-12-6-4-11-9-21-20(23-15(11)17(12)30-24-16)22-13-7-5-10(18(25)26)8-14(13)28-2/h5,7-9H,3-4,6H2,1-2H3,(H,25,26)(H,21,22,23). The molecule has 0 atom stereocenters. The Morgan fingerprint density at radius 2 is 2.13 bits per heavy atom. The van der Waals surface area contributed by atoms with Crippen LogP contribution < -0.4 is 10.1 Å². The van der Waals surface area contributed by atoms with Crippen molar-refractivity contribution in [2.24, 2.45) is 0 Å². The maximum Gasteiger partial charge on any atom is 0.360 e. The maximum absolute atomic E-state index is 12.1. The van der Waals surface area contributed by atoms with Crippen molar-refractivity contribution in [1.82, 2.24) is 15.1 Å². The molecule has 2 N–H and O–H groups in total. The van der Waals surface area contributed by atoms with Crippen molar-refractivity contribution >= 4 is 23.6 Å². The van der Waals surface area contributed by atoms with E-state index in [1.807, 2.05) is 0 Å². The van der Waals surface area contributed by atoms with Crippen molar-refractivity contribution in [3.05, 3.63) is 46.8 Å². The highest BCUT2D eigenvalue weighted by atomic mass is 16.5. The Labute approximate surface area is 170 Å². The van der Waals surface area contributed by atoms with Gasteiger partial charge in [-0.2, -0.15) is 0 Å². The first kappa shape index (κ1) is 19.4. The predicted molar refractivity (Wildman–Crippen MR) is 104 cm³/mol. The van der Waals surface area contributed by atoms with E-state index in [1.54, 1.807) is 19.2 Å². The van der Waals surface area contributed by atoms with Gasteiger partial charge in [-0.15, -0.1) is 0 Å². The molecule has 0 spiro atoms. The summed E-state index contributed by atoms with van der Waals surface area (Å²) in [4.78, 5) is 32.1. The van der Waals surface area contributed by atoms with Gasteiger partial charge in [0.1, 0.15) is 11.4 Å². The summed E-state index contributed by atoms with van der Waals surface area (Å²) in [6, 6.07) is 4.43. The van der Waals surface area contributed by atoms with E-state index in [4.69, 9.17) is 19.1 Å². The minimum Gasteiger partial charge on any atom is -0.495 e. The molecule has 10 heteroatoms. The Kier molecular flexibility index (Phi) is 5.05. The zero-order valence-corrected chi connectivity index (χ0v) is 16.3. The molecule has 3 aromatic rings. The van der Waals surface area contributed by atoms with E-state index >= 15 is 0 Å². The number of fused-ring (bicyclic) bond motifs is 3. The van der Waals surface area contributed by atoms with E-state index in [9.17, 15) is 9.59 Å². The van der Waals surface area contributed by atoms with Gasteiger partial charge >= 0.3 is 11.9 Å². The zero-order chi connectivity index (χ0) is 21.3. The molecule has 0 radical (unpaired) electrons. The quantitative estimate of drug-likeness (QED) is 0.584. The van der Waals surface area contributed by atoms with Crippen LogP contribution in [0.3, 0.4) is 0 Å². The number of carboxylic acids is 1. The summed E-state index contributed by atoms with van der Waals surface area (Å²) in [5, 5.41) is 16.0. The second kappa shape index (κ2) is 7.82. The fourth-order valence-electron chi connectivity index (χ4n) is 3.24. The average Bonchev–Trinajstić information content (AvgIpc) is 3.19. The largest absolute Gasteiger partial charge is 0.495 e. The van der Waals surface area contributed by atoms with Gasteiger partial charge in [0.05, 0.1) is 25.0 Å². The van der Waals surface area contributed by atoms with Gasteiger partial charge < -0.3 is 24.4 Å². The van der Waals surface area contributed by atoms with Crippen molar-refractivity contribution in [3.63, 3.8) is 0 Å². The molecule has 2 heterocycles. The van der Waals surface area contributed by atoms with Crippen molar-refractivity contribution in [2.45, 2.75) is 19.8 Å². The van der Waals surface area contributed by atoms with Crippen LogP contribution in [0, 0.1) is 0 Å². The number of carbonyl (C=O) groups is 2. The summed E-state index contributed by atoms with van der Waals surface area (Å²) in [7, 11) is 1.44. The lowest BCUT2D eigenvalue weighted by atomic mass is 9.94. The lowest BCUT2D eigenvalue weighted by molar-refractivity contribution is 0.0513. The zero-order valence-electron chi connectivity index (χ0n) is 16.3. The molecule has 0 saturated heterocycles. The molecule has 0 bridgehead atoms. The number of rotatable bonds is 6. The molecule has 0 amide bonds. The van der Waals surface area contributed by atoms with Crippen LogP contribution in [0.25, 0.3) is 11.5 Å². The van der Waals surface area contributed by atoms with Crippen LogP contribution in [-0.4, -0.2) is 45.9 Å². The molecule has 4 rings (SSSR count). The summed E-state index contributed by atoms with van der Waals surface area (Å²) in [6.45, 7) is 1.97. The van der Waals surface area contributed by atoms with Crippen LogP contribution in [-0.2, 0) is 17.6 Å². The molecule has 154 valence electrons. The molecule has 0 aliphatic heterocycles. The number of esters is 1. The van der Waals surface area contributed by atoms with Crippen LogP contribution in [0.1, 0.15) is 38.9 Å². The van der Waals surface area contributed by atoms with Crippen molar-refractivity contribution < 1.29 is 28.7 Å². The third-order valence-electron chi connectivity index (χ3n) is 4.68. The van der Waals surface area contributed by atoms with Gasteiger partial charge in [-0.1, -0.05) is 5.16 Å². The van der Waals surface area contributed by atoms with E-state index in [0.717, 1.165) is 5.56 Å². The number of hydrogen-bond acceptors (Lipinski definition) is 9. The lowest BCUT2D eigenvalue weighted by Crippen LogP contribution is -2.12. The fraction of sp³-hybridized carbons (Fsp3) is 0.250. The van der Waals surface area contributed by atoms with Gasteiger partial charge in [-0.05, 0) is 38.0 Å². The minimum atomic E-state index is -1.06. The molecule has 1 aromatic carbocycles. The molecule has 0 fully saturated rings. The van der Waals surface area contributed by atoms with Gasteiger partial charge in [-0.3, -0.25) is 0 Å². The highest BCUT2D eigenvalue weighted by molar-refractivity contribution is 5.91. The number of nitrogens with zero attached hydrogens (tertiary/aromatic N) is 3. The summed E-state index contributed by atoms with van der Waals surface area (Å²) in [5.41, 5.74) is 2.83. The third-order valence-corrected chi connectivity index (χ3v) is 4.68. The normalized spacial score (nSPS) is 11.9. The number of aryl methyl sites for hydroxylation is 1. The average molecular weight is 410 g/mol. The smallest absolute Gasteiger partial charge is 0.360 e. The Morgan fingerprint density at radius 1 is 1.30 bits per heavy atom. The highest BCUT2D eigenvalue weighted by Crippen LogP contribution is 2.35. The minimum absolute atomic E-state index is 0.0987. The van der Waals surface area contributed by atoms with Crippen LogP contribution in [0.4, 0.5) is 11.6 Å². The van der Waals surface area contributed by atoms with Gasteiger partial charge in [0.15, 0.2) is 11.5 Å². The monoisotopic (exact) mass is 410 g/mol. The number of ether oxygens (including phenoxy) is 2. The van der Waals surface area contributed by atoms with Crippen LogP contribution in [0.5, 0.6) is 5.75 Å². The molecule has 30 heavy (non-hydrogen) atoms. The second-order valence-electron chi connectivity index (χ2n) is 6.47. The third kappa shape index (κ3) is 3.43. The number of aromatic nitrogens is 3. The first-order valence-electron chi connectivity index (χ1n) is 9.22. The van der Waals surface area contributed by atoms with Crippen molar-refractivity contribution in [3.8, 4) is 17.2 Å². The van der Waals surface area contributed by atoms with Crippen molar-refractivity contribution in [1.29, 1.82) is 0 Å². The number of carbonyl (C=O) groups excluding carboxylic acids is 1. The highest BCUT2D eigenvalue weighted by Gasteiger charge is 2.30. The van der Waals surface area contributed by atoms with Gasteiger partial charge in [0, 0.05) is 17.3 Å². The Hall–Kier alpha value is -3.95. The Morgan fingerprint density at radius 3 is 2.87 bits per heavy atom. The van der Waals surface area contributed by atoms with Gasteiger partial charge in [-0.25, -0.2) is 19.6 Å². The second-order valence-corrected chi connectivity index (χ2v) is 6.47. The summed E-state index contributed by atoms with van der Waals surface area (Å²) < 4.78 is 15.7. The molecular formula is C20H18N4O6. The van der Waals surface area contributed by atoms with Gasteiger partial charge in [0.25, 0.3) is 0 Å². The maximum atomic E-state index is 12.1. The van der Waals surface area contributed by atoms with E-state index in [2.05, 4.69) is 20.4 Å². The number of benzene rings is 1. The van der Waals surface area contributed by atoms with Crippen LogP contribution in [0.2, 0.25) is 0 Å². The summed E-state index contributed by atoms with van der Waals surface area (Å²) in [5.74, 6) is -0.571. The first-order valence-corrected chi connectivity index (χ1v) is 9.22. The SMILES string of the molecule is CCOC(=O)c1noc2c1CCc1cnc(Nc3ccc(C(=O)O)cc3OC)nc1-2. The van der Waals surface area contributed by atoms with E-state index in [1.165, 1.54) is 19.2 Å². The van der Waals surface area contributed by atoms with Crippen molar-refractivity contribution in [2.75, 3.05) is 19.0 Å². The molecule has 0 saturated carbocycles. The van der Waals surface area contributed by atoms with E-state index < -0.39 is 11.9 Å². The molecule has 0 unspecified atom stereocenters. The number of aromatic carboxylic acids is 1. The number of anilines is 2. The predicted octanol–water partition coefficient (Wildman–Crippen LogP) is 2.86. The van der Waals surface area contributed by atoms with E-state index in [0.29, 0.717) is 41.3 Å². The Balaban J connectivity index is 1.67. The Bertz CT molecular complexity index is 1140. The summed E-state index contributed by atoms with van der Waals surface area (Å²) in [6.07, 6.45) is 2.88. The van der Waals surface area contributed by atoms with Gasteiger partial charge in [0.2, 0.25) is 5.95 Å². The molecule has 10 nitrogen and oxygen atoms in total. The number of carboxylic acid groups (broad SMARTS) is 1. The lowest BCUT2D eigenvalue weighted by Gasteiger charge is -2.15. The number of methoxy groups -OCH3 is 1. The van der Waals surface area contributed by atoms with E-state index in [-0.39, 0.29) is 23.8 Å². The molecular weight excluding hydrogens is 392 g/mol. The number of nitrogens with one attached hydrogen (secondary N) is 1. The molecule has 1 aliphatic carbocycles. The summed E-state index contributed by atoms with van der Waals surface area (Å²) >= 11 is 0. The first-order chi connectivity index (χ1) is 14.5. The topological polar surface area (TPSA) is 137 Å². The molecule has 2 aromatic heterocycles. The number of hydrogen-bond donors (Lipinski definition) is 2. The van der Waals surface area contributed by atoms with Crippen LogP contribution >= 0.6 is 0 Å². The fourth-order valence-corrected chi connectivity index (χ4v) is 3.24. The molecule has 1 aliphatic rings.